The van der Waals surface area contributed by atoms with Gasteiger partial charge >= 0.3 is 0 Å². The molecule has 4 rings (SSSR count). The van der Waals surface area contributed by atoms with E-state index in [1.165, 1.54) is 4.31 Å². The molecule has 4 aromatic rings. The van der Waals surface area contributed by atoms with Crippen LogP contribution in [0.4, 0.5) is 0 Å². The SMILES string of the molecule is COc1ccc(CN(Cc2ccc(OC)cc2)S(=O)(=O)c2ccc(-c3ccc(Br)cc3)cc2)cc1. The highest BCUT2D eigenvalue weighted by Gasteiger charge is 2.25. The van der Waals surface area contributed by atoms with Gasteiger partial charge in [-0.15, -0.1) is 0 Å². The van der Waals surface area contributed by atoms with Gasteiger partial charge < -0.3 is 9.47 Å². The summed E-state index contributed by atoms with van der Waals surface area (Å²) in [5, 5.41) is 0. The number of sulfonamides is 1. The van der Waals surface area contributed by atoms with Gasteiger partial charge in [0.2, 0.25) is 10.0 Å². The molecule has 0 aliphatic rings. The third kappa shape index (κ3) is 6.11. The molecule has 0 fully saturated rings. The molecular weight excluding hydrogens is 526 g/mol. The highest BCUT2D eigenvalue weighted by Crippen LogP contribution is 2.27. The fraction of sp³-hybridized carbons (Fsp3) is 0.143. The zero-order valence-electron chi connectivity index (χ0n) is 19.5. The third-order valence-electron chi connectivity index (χ3n) is 5.71. The average Bonchev–Trinajstić information content (AvgIpc) is 2.89. The van der Waals surface area contributed by atoms with Crippen molar-refractivity contribution in [3.8, 4) is 22.6 Å². The van der Waals surface area contributed by atoms with Gasteiger partial charge in [-0.1, -0.05) is 64.5 Å². The molecule has 0 atom stereocenters. The molecule has 180 valence electrons. The first-order valence-electron chi connectivity index (χ1n) is 11.0. The summed E-state index contributed by atoms with van der Waals surface area (Å²) in [6.45, 7) is 0.458. The molecule has 35 heavy (non-hydrogen) atoms. The van der Waals surface area contributed by atoms with E-state index in [2.05, 4.69) is 15.9 Å². The van der Waals surface area contributed by atoms with Crippen LogP contribution in [0.1, 0.15) is 11.1 Å². The summed E-state index contributed by atoms with van der Waals surface area (Å²) < 4.78 is 40.5. The Morgan fingerprint density at radius 2 is 1.03 bits per heavy atom. The summed E-state index contributed by atoms with van der Waals surface area (Å²) in [7, 11) is -0.562. The van der Waals surface area contributed by atoms with Gasteiger partial charge in [0.15, 0.2) is 0 Å². The van der Waals surface area contributed by atoms with Crippen molar-refractivity contribution in [1.29, 1.82) is 0 Å². The van der Waals surface area contributed by atoms with Crippen LogP contribution in [0.2, 0.25) is 0 Å². The Morgan fingerprint density at radius 3 is 1.43 bits per heavy atom. The van der Waals surface area contributed by atoms with Gasteiger partial charge in [-0.25, -0.2) is 8.42 Å². The number of halogens is 1. The first-order valence-corrected chi connectivity index (χ1v) is 13.2. The van der Waals surface area contributed by atoms with Crippen molar-refractivity contribution >= 4 is 26.0 Å². The van der Waals surface area contributed by atoms with Crippen LogP contribution in [0.5, 0.6) is 11.5 Å². The Hall–Kier alpha value is -3.13. The summed E-state index contributed by atoms with van der Waals surface area (Å²) >= 11 is 3.44. The van der Waals surface area contributed by atoms with Gasteiger partial charge in [-0.2, -0.15) is 4.31 Å². The second kappa shape index (κ2) is 11.1. The van der Waals surface area contributed by atoms with Crippen LogP contribution >= 0.6 is 15.9 Å². The van der Waals surface area contributed by atoms with E-state index in [-0.39, 0.29) is 18.0 Å². The van der Waals surface area contributed by atoms with Crippen LogP contribution in [0.25, 0.3) is 11.1 Å². The van der Waals surface area contributed by atoms with Crippen LogP contribution in [0.15, 0.2) is 106 Å². The molecule has 0 aliphatic carbocycles. The molecule has 0 saturated carbocycles. The zero-order chi connectivity index (χ0) is 24.8. The van der Waals surface area contributed by atoms with Crippen molar-refractivity contribution in [1.82, 2.24) is 4.31 Å². The predicted octanol–water partition coefficient (Wildman–Crippen LogP) is 6.52. The Labute approximate surface area is 215 Å². The van der Waals surface area contributed by atoms with Crippen LogP contribution in [0, 0.1) is 0 Å². The van der Waals surface area contributed by atoms with Crippen molar-refractivity contribution in [2.75, 3.05) is 14.2 Å². The Morgan fingerprint density at radius 1 is 0.629 bits per heavy atom. The lowest BCUT2D eigenvalue weighted by Gasteiger charge is -2.23. The minimum Gasteiger partial charge on any atom is -0.497 e. The van der Waals surface area contributed by atoms with Gasteiger partial charge in [0, 0.05) is 17.6 Å². The lowest BCUT2D eigenvalue weighted by atomic mass is 10.1. The number of nitrogens with zero attached hydrogens (tertiary/aromatic N) is 1. The Balaban J connectivity index is 1.64. The first kappa shape index (κ1) is 25.0. The van der Waals surface area contributed by atoms with Crippen LogP contribution < -0.4 is 9.47 Å². The van der Waals surface area contributed by atoms with Gasteiger partial charge in [-0.05, 0) is 70.8 Å². The van der Waals surface area contributed by atoms with E-state index in [4.69, 9.17) is 9.47 Å². The topological polar surface area (TPSA) is 55.8 Å². The maximum absolute atomic E-state index is 13.8. The Kier molecular flexibility index (Phi) is 7.90. The molecule has 0 unspecified atom stereocenters. The second-order valence-corrected chi connectivity index (χ2v) is 10.9. The van der Waals surface area contributed by atoms with E-state index in [0.717, 1.165) is 38.2 Å². The lowest BCUT2D eigenvalue weighted by Crippen LogP contribution is -2.30. The molecule has 5 nitrogen and oxygen atoms in total. The largest absolute Gasteiger partial charge is 0.497 e. The highest BCUT2D eigenvalue weighted by atomic mass is 79.9. The molecule has 0 spiro atoms. The summed E-state index contributed by atoms with van der Waals surface area (Å²) in [4.78, 5) is 0.250. The maximum atomic E-state index is 13.8. The predicted molar refractivity (Wildman–Crippen MR) is 142 cm³/mol. The van der Waals surface area contributed by atoms with E-state index in [0.29, 0.717) is 0 Å². The zero-order valence-corrected chi connectivity index (χ0v) is 21.9. The molecule has 0 aliphatic heterocycles. The van der Waals surface area contributed by atoms with E-state index >= 15 is 0 Å². The highest BCUT2D eigenvalue weighted by molar-refractivity contribution is 9.10. The van der Waals surface area contributed by atoms with Gasteiger partial charge in [0.25, 0.3) is 0 Å². The van der Waals surface area contributed by atoms with Crippen LogP contribution in [-0.2, 0) is 23.1 Å². The monoisotopic (exact) mass is 551 g/mol. The molecule has 0 radical (unpaired) electrons. The Bertz CT molecular complexity index is 1300. The van der Waals surface area contributed by atoms with E-state index in [9.17, 15) is 8.42 Å². The third-order valence-corrected chi connectivity index (χ3v) is 8.04. The average molecular weight is 552 g/mol. The van der Waals surface area contributed by atoms with Crippen molar-refractivity contribution in [2.24, 2.45) is 0 Å². The standard InChI is InChI=1S/C28H26BrNO4S/c1-33-26-13-3-21(4-14-26)19-30(20-22-5-15-27(34-2)16-6-22)35(31,32)28-17-9-24(10-18-28)23-7-11-25(29)12-8-23/h3-18H,19-20H2,1-2H3. The van der Waals surface area contributed by atoms with Crippen molar-refractivity contribution in [2.45, 2.75) is 18.0 Å². The van der Waals surface area contributed by atoms with Gasteiger partial charge in [-0.3, -0.25) is 0 Å². The van der Waals surface area contributed by atoms with Crippen LogP contribution in [0.3, 0.4) is 0 Å². The van der Waals surface area contributed by atoms with Crippen molar-refractivity contribution < 1.29 is 17.9 Å². The summed E-state index contributed by atoms with van der Waals surface area (Å²) in [5.74, 6) is 1.45. The van der Waals surface area contributed by atoms with Crippen LogP contribution in [-0.4, -0.2) is 26.9 Å². The molecule has 0 amide bonds. The normalized spacial score (nSPS) is 11.4. The minimum absolute atomic E-state index is 0.229. The first-order chi connectivity index (χ1) is 16.9. The molecule has 0 aromatic heterocycles. The molecule has 0 heterocycles. The molecule has 4 aromatic carbocycles. The fourth-order valence-corrected chi connectivity index (χ4v) is 5.39. The van der Waals surface area contributed by atoms with E-state index < -0.39 is 10.0 Å². The van der Waals surface area contributed by atoms with Gasteiger partial charge in [0.05, 0.1) is 19.1 Å². The summed E-state index contributed by atoms with van der Waals surface area (Å²) in [6, 6.07) is 29.8. The number of hydrogen-bond acceptors (Lipinski definition) is 4. The second-order valence-electron chi connectivity index (χ2n) is 8.00. The van der Waals surface area contributed by atoms with Gasteiger partial charge in [0.1, 0.15) is 11.5 Å². The smallest absolute Gasteiger partial charge is 0.243 e. The molecular formula is C28H26BrNO4S. The number of methoxy groups -OCH3 is 2. The number of ether oxygens (including phenoxy) is 2. The molecule has 0 N–H and O–H groups in total. The summed E-state index contributed by atoms with van der Waals surface area (Å²) in [5.41, 5.74) is 3.71. The fourth-order valence-electron chi connectivity index (χ4n) is 3.71. The molecule has 0 bridgehead atoms. The number of benzene rings is 4. The molecule has 0 saturated heterocycles. The number of rotatable bonds is 9. The summed E-state index contributed by atoms with van der Waals surface area (Å²) in [6.07, 6.45) is 0. The lowest BCUT2D eigenvalue weighted by molar-refractivity contribution is 0.397. The molecule has 7 heteroatoms. The van der Waals surface area contributed by atoms with E-state index in [1.54, 1.807) is 26.4 Å². The minimum atomic E-state index is -3.77. The quantitative estimate of drug-likeness (QED) is 0.237. The van der Waals surface area contributed by atoms with E-state index in [1.807, 2.05) is 84.9 Å². The number of hydrogen-bond donors (Lipinski definition) is 0. The van der Waals surface area contributed by atoms with Crippen molar-refractivity contribution in [3.63, 3.8) is 0 Å². The maximum Gasteiger partial charge on any atom is 0.243 e. The van der Waals surface area contributed by atoms with Crippen molar-refractivity contribution in [3.05, 3.63) is 113 Å².